The van der Waals surface area contributed by atoms with Crippen molar-refractivity contribution >= 4 is 10.4 Å². The van der Waals surface area contributed by atoms with Gasteiger partial charge in [0.15, 0.2) is 11.5 Å². The van der Waals surface area contributed by atoms with Gasteiger partial charge in [-0.3, -0.25) is 0 Å². The van der Waals surface area contributed by atoms with Crippen LogP contribution in [0.3, 0.4) is 0 Å². The second-order valence-corrected chi connectivity index (χ2v) is 4.72. The van der Waals surface area contributed by atoms with E-state index in [0.717, 1.165) is 5.57 Å². The van der Waals surface area contributed by atoms with Gasteiger partial charge in [-0.15, -0.1) is 8.42 Å². The SMILES string of the molecule is O=S1(=O)OC2=C(O1)C1=CC=CC=CC1=CC=C2. The van der Waals surface area contributed by atoms with Gasteiger partial charge in [0.1, 0.15) is 0 Å². The van der Waals surface area contributed by atoms with Crippen LogP contribution in [0.25, 0.3) is 0 Å². The summed E-state index contributed by atoms with van der Waals surface area (Å²) in [5.74, 6) is 0.451. The van der Waals surface area contributed by atoms with Crippen LogP contribution in [0, 0.1) is 0 Å². The highest BCUT2D eigenvalue weighted by atomic mass is 32.3. The second-order valence-electron chi connectivity index (χ2n) is 3.57. The first-order chi connectivity index (χ1) is 8.16. The van der Waals surface area contributed by atoms with E-state index >= 15 is 0 Å². The Morgan fingerprint density at radius 1 is 0.882 bits per heavy atom. The zero-order valence-corrected chi connectivity index (χ0v) is 9.48. The lowest BCUT2D eigenvalue weighted by molar-refractivity contribution is 0.365. The number of rotatable bonds is 0. The van der Waals surface area contributed by atoms with Crippen LogP contribution < -0.4 is 0 Å². The Hall–Kier alpha value is -2.01. The molecule has 1 heterocycles. The molecule has 0 atom stereocenters. The quantitative estimate of drug-likeness (QED) is 0.658. The van der Waals surface area contributed by atoms with Crippen LogP contribution in [0.2, 0.25) is 0 Å². The highest BCUT2D eigenvalue weighted by Crippen LogP contribution is 2.36. The molecule has 17 heavy (non-hydrogen) atoms. The fraction of sp³-hybridized carbons (Fsp3) is 0. The minimum absolute atomic E-state index is 0.214. The first kappa shape index (κ1) is 10.2. The van der Waals surface area contributed by atoms with Crippen molar-refractivity contribution in [2.45, 2.75) is 0 Å². The van der Waals surface area contributed by atoms with Crippen LogP contribution in [0.15, 0.2) is 71.3 Å². The van der Waals surface area contributed by atoms with Gasteiger partial charge >= 0.3 is 10.4 Å². The maximum absolute atomic E-state index is 11.3. The molecule has 0 N–H and O–H groups in total. The molecular formula is C12H8O4S. The monoisotopic (exact) mass is 248 g/mol. The average Bonchev–Trinajstić information content (AvgIpc) is 2.45. The van der Waals surface area contributed by atoms with Crippen molar-refractivity contribution in [3.63, 3.8) is 0 Å². The third-order valence-corrected chi connectivity index (χ3v) is 3.20. The predicted molar refractivity (Wildman–Crippen MR) is 61.7 cm³/mol. The van der Waals surface area contributed by atoms with Gasteiger partial charge in [-0.25, -0.2) is 0 Å². The summed E-state index contributed by atoms with van der Waals surface area (Å²) in [6.45, 7) is 0. The van der Waals surface area contributed by atoms with Gasteiger partial charge in [0.25, 0.3) is 0 Å². The summed E-state index contributed by atoms with van der Waals surface area (Å²) >= 11 is 0. The molecule has 3 aliphatic rings. The maximum atomic E-state index is 11.3. The van der Waals surface area contributed by atoms with Gasteiger partial charge in [0.2, 0.25) is 0 Å². The summed E-state index contributed by atoms with van der Waals surface area (Å²) in [4.78, 5) is 0. The van der Waals surface area contributed by atoms with Gasteiger partial charge < -0.3 is 8.37 Å². The standard InChI is InChI=1S/C12H8O4S/c13-17(14)15-11-8-4-6-9-5-2-1-3-7-10(9)12(11)16-17/h1-8H. The first-order valence-electron chi connectivity index (χ1n) is 4.98. The van der Waals surface area contributed by atoms with E-state index in [1.54, 1.807) is 18.2 Å². The molecule has 0 saturated heterocycles. The zero-order chi connectivity index (χ0) is 11.9. The molecule has 0 bridgehead atoms. The third-order valence-electron chi connectivity index (χ3n) is 2.44. The lowest BCUT2D eigenvalue weighted by Gasteiger charge is -2.05. The van der Waals surface area contributed by atoms with Crippen LogP contribution in [0.4, 0.5) is 0 Å². The van der Waals surface area contributed by atoms with E-state index in [1.807, 2.05) is 30.4 Å². The normalized spacial score (nSPS) is 23.8. The molecule has 0 spiro atoms. The van der Waals surface area contributed by atoms with Gasteiger partial charge in [-0.1, -0.05) is 42.5 Å². The lowest BCUT2D eigenvalue weighted by atomic mass is 10.0. The summed E-state index contributed by atoms with van der Waals surface area (Å²) in [5.41, 5.74) is 1.56. The van der Waals surface area contributed by atoms with Crippen molar-refractivity contribution in [1.29, 1.82) is 0 Å². The molecule has 2 aliphatic carbocycles. The largest absolute Gasteiger partial charge is 0.501 e. The number of fused-ring (bicyclic) bond motifs is 2. The van der Waals surface area contributed by atoms with Gasteiger partial charge in [0.05, 0.1) is 0 Å². The average molecular weight is 248 g/mol. The van der Waals surface area contributed by atoms with Crippen LogP contribution in [-0.2, 0) is 18.8 Å². The Kier molecular flexibility index (Phi) is 2.09. The molecule has 86 valence electrons. The topological polar surface area (TPSA) is 52.6 Å². The highest BCUT2D eigenvalue weighted by molar-refractivity contribution is 7.82. The van der Waals surface area contributed by atoms with E-state index in [2.05, 4.69) is 0 Å². The van der Waals surface area contributed by atoms with Gasteiger partial charge in [-0.2, -0.15) is 0 Å². The van der Waals surface area contributed by atoms with E-state index in [4.69, 9.17) is 8.37 Å². The molecule has 0 unspecified atom stereocenters. The van der Waals surface area contributed by atoms with Crippen molar-refractivity contribution in [3.8, 4) is 0 Å². The van der Waals surface area contributed by atoms with Gasteiger partial charge in [0, 0.05) is 5.57 Å². The Bertz CT molecular complexity index is 655. The fourth-order valence-electron chi connectivity index (χ4n) is 1.74. The van der Waals surface area contributed by atoms with Crippen LogP contribution >= 0.6 is 0 Å². The predicted octanol–water partition coefficient (Wildman–Crippen LogP) is 2.04. The van der Waals surface area contributed by atoms with Crippen molar-refractivity contribution in [3.05, 3.63) is 71.3 Å². The molecule has 0 saturated carbocycles. The van der Waals surface area contributed by atoms with E-state index in [-0.39, 0.29) is 11.5 Å². The summed E-state index contributed by atoms with van der Waals surface area (Å²) < 4.78 is 32.1. The van der Waals surface area contributed by atoms with Crippen LogP contribution in [0.5, 0.6) is 0 Å². The van der Waals surface area contributed by atoms with Crippen LogP contribution in [-0.4, -0.2) is 8.42 Å². The highest BCUT2D eigenvalue weighted by Gasteiger charge is 2.33. The molecule has 0 aromatic rings. The number of hydrogen-bond acceptors (Lipinski definition) is 4. The lowest BCUT2D eigenvalue weighted by Crippen LogP contribution is -2.00. The molecule has 0 amide bonds. The Labute approximate surface area is 98.9 Å². The van der Waals surface area contributed by atoms with Gasteiger partial charge in [-0.05, 0) is 11.6 Å². The molecule has 0 radical (unpaired) electrons. The fourth-order valence-corrected chi connectivity index (χ4v) is 2.50. The van der Waals surface area contributed by atoms with Crippen LogP contribution in [0.1, 0.15) is 0 Å². The summed E-state index contributed by atoms with van der Waals surface area (Å²) in [6, 6.07) is 0. The Balaban J connectivity index is 2.17. The first-order valence-corrected chi connectivity index (χ1v) is 6.31. The third kappa shape index (κ3) is 1.74. The molecule has 0 fully saturated rings. The zero-order valence-electron chi connectivity index (χ0n) is 8.66. The van der Waals surface area contributed by atoms with Crippen molar-refractivity contribution in [1.82, 2.24) is 0 Å². The van der Waals surface area contributed by atoms with E-state index in [0.29, 0.717) is 5.57 Å². The number of allylic oxidation sites excluding steroid dienone is 9. The summed E-state index contributed by atoms with van der Waals surface area (Å²) in [7, 11) is -3.95. The molecule has 1 aliphatic heterocycles. The molecule has 0 aromatic carbocycles. The summed E-state index contributed by atoms with van der Waals surface area (Å²) in [6.07, 6.45) is 14.4. The Morgan fingerprint density at radius 3 is 2.65 bits per heavy atom. The molecule has 0 aromatic heterocycles. The molecular weight excluding hydrogens is 240 g/mol. The van der Waals surface area contributed by atoms with E-state index in [9.17, 15) is 8.42 Å². The van der Waals surface area contributed by atoms with Crippen molar-refractivity contribution in [2.24, 2.45) is 0 Å². The molecule has 5 heteroatoms. The number of hydrogen-bond donors (Lipinski definition) is 0. The van der Waals surface area contributed by atoms with Crippen molar-refractivity contribution < 1.29 is 16.8 Å². The van der Waals surface area contributed by atoms with E-state index < -0.39 is 10.4 Å². The second kappa shape index (κ2) is 3.49. The molecule has 3 rings (SSSR count). The maximum Gasteiger partial charge on any atom is 0.501 e. The minimum atomic E-state index is -3.95. The Morgan fingerprint density at radius 2 is 1.76 bits per heavy atom. The van der Waals surface area contributed by atoms with Crippen molar-refractivity contribution in [2.75, 3.05) is 0 Å². The molecule has 4 nitrogen and oxygen atoms in total. The minimum Gasteiger partial charge on any atom is -0.349 e. The van der Waals surface area contributed by atoms with E-state index in [1.165, 1.54) is 0 Å². The smallest absolute Gasteiger partial charge is 0.349 e. The summed E-state index contributed by atoms with van der Waals surface area (Å²) in [5, 5.41) is 0.